The third kappa shape index (κ3) is 4.65. The third-order valence-corrected chi connectivity index (χ3v) is 3.72. The van der Waals surface area contributed by atoms with Gasteiger partial charge in [0.15, 0.2) is 0 Å². The van der Waals surface area contributed by atoms with Gasteiger partial charge in [-0.1, -0.05) is 13.0 Å². The Morgan fingerprint density at radius 2 is 2.05 bits per heavy atom. The number of nitrogens with zero attached hydrogens (tertiary/aromatic N) is 1. The number of carbonyl (C=O) groups excluding carboxylic acids is 1. The molecule has 0 aliphatic heterocycles. The summed E-state index contributed by atoms with van der Waals surface area (Å²) >= 11 is 1.41. The lowest BCUT2D eigenvalue weighted by atomic mass is 10.1. The topological polar surface area (TPSA) is 94.9 Å². The van der Waals surface area contributed by atoms with Gasteiger partial charge in [0.25, 0.3) is 0 Å². The van der Waals surface area contributed by atoms with Crippen LogP contribution in [0.3, 0.4) is 0 Å². The van der Waals surface area contributed by atoms with Gasteiger partial charge in [0.2, 0.25) is 5.91 Å². The van der Waals surface area contributed by atoms with Crippen LogP contribution in [-0.4, -0.2) is 45.5 Å². The molecule has 1 rings (SSSR count). The number of carboxylic acid groups (broad SMARTS) is 2. The molecule has 0 aromatic carbocycles. The first-order chi connectivity index (χ1) is 9.45. The quantitative estimate of drug-likeness (QED) is 0.757. The maximum Gasteiger partial charge on any atom is 0.326 e. The Hall–Kier alpha value is -1.89. The van der Waals surface area contributed by atoms with Crippen LogP contribution in [0.4, 0.5) is 0 Å². The van der Waals surface area contributed by atoms with Crippen LogP contribution in [0.15, 0.2) is 17.5 Å². The summed E-state index contributed by atoms with van der Waals surface area (Å²) in [5.41, 5.74) is 0. The molecule has 1 aromatic rings. The van der Waals surface area contributed by atoms with Gasteiger partial charge in [-0.25, -0.2) is 4.79 Å². The number of hydrogen-bond donors (Lipinski definition) is 2. The van der Waals surface area contributed by atoms with E-state index in [1.807, 2.05) is 11.4 Å². The minimum absolute atomic E-state index is 0.0929. The fourth-order valence-corrected chi connectivity index (χ4v) is 2.56. The van der Waals surface area contributed by atoms with E-state index in [1.54, 1.807) is 13.0 Å². The third-order valence-electron chi connectivity index (χ3n) is 2.84. The summed E-state index contributed by atoms with van der Waals surface area (Å²) in [4.78, 5) is 36.0. The highest BCUT2D eigenvalue weighted by molar-refractivity contribution is 7.10. The summed E-state index contributed by atoms with van der Waals surface area (Å²) in [6.45, 7) is 1.56. The Bertz CT molecular complexity index is 471. The smallest absolute Gasteiger partial charge is 0.326 e. The number of carbonyl (C=O) groups is 3. The van der Waals surface area contributed by atoms with Crippen molar-refractivity contribution in [3.05, 3.63) is 22.4 Å². The van der Waals surface area contributed by atoms with E-state index in [9.17, 15) is 14.4 Å². The molecule has 1 unspecified atom stereocenters. The van der Waals surface area contributed by atoms with E-state index in [0.717, 1.165) is 9.78 Å². The average molecular weight is 299 g/mol. The van der Waals surface area contributed by atoms with Crippen LogP contribution in [-0.2, 0) is 20.8 Å². The lowest BCUT2D eigenvalue weighted by Gasteiger charge is -2.27. The van der Waals surface area contributed by atoms with Crippen LogP contribution in [0.1, 0.15) is 24.6 Å². The van der Waals surface area contributed by atoms with Crippen molar-refractivity contribution in [2.75, 3.05) is 6.54 Å². The summed E-state index contributed by atoms with van der Waals surface area (Å²) < 4.78 is 0. The lowest BCUT2D eigenvalue weighted by molar-refractivity contribution is -0.151. The maximum atomic E-state index is 12.2. The Morgan fingerprint density at radius 3 is 2.50 bits per heavy atom. The molecule has 1 amide bonds. The van der Waals surface area contributed by atoms with E-state index in [4.69, 9.17) is 10.2 Å². The van der Waals surface area contributed by atoms with Crippen LogP contribution >= 0.6 is 11.3 Å². The van der Waals surface area contributed by atoms with Gasteiger partial charge in [-0.3, -0.25) is 9.59 Å². The molecule has 0 spiro atoms. The molecule has 1 aromatic heterocycles. The number of rotatable bonds is 8. The Kier molecular flexibility index (Phi) is 6.17. The zero-order valence-electron chi connectivity index (χ0n) is 11.1. The first kappa shape index (κ1) is 16.2. The molecule has 1 atom stereocenters. The van der Waals surface area contributed by atoms with Crippen LogP contribution in [0, 0.1) is 0 Å². The molecule has 7 heteroatoms. The van der Waals surface area contributed by atoms with E-state index in [0.29, 0.717) is 0 Å². The van der Waals surface area contributed by atoms with Crippen molar-refractivity contribution < 1.29 is 24.6 Å². The highest BCUT2D eigenvalue weighted by Gasteiger charge is 2.28. The molecule has 6 nitrogen and oxygen atoms in total. The van der Waals surface area contributed by atoms with E-state index in [-0.39, 0.29) is 31.7 Å². The number of aliphatic carboxylic acids is 2. The Morgan fingerprint density at radius 1 is 1.35 bits per heavy atom. The van der Waals surface area contributed by atoms with E-state index in [2.05, 4.69) is 0 Å². The van der Waals surface area contributed by atoms with Gasteiger partial charge in [0, 0.05) is 11.4 Å². The van der Waals surface area contributed by atoms with E-state index >= 15 is 0 Å². The number of amides is 1. The van der Waals surface area contributed by atoms with Gasteiger partial charge in [-0.2, -0.15) is 0 Å². The van der Waals surface area contributed by atoms with Crippen molar-refractivity contribution in [2.45, 2.75) is 32.2 Å². The number of carboxylic acids is 2. The van der Waals surface area contributed by atoms with E-state index < -0.39 is 18.0 Å². The van der Waals surface area contributed by atoms with Gasteiger partial charge >= 0.3 is 11.9 Å². The number of hydrogen-bond acceptors (Lipinski definition) is 4. The fraction of sp³-hybridized carbons (Fsp3) is 0.462. The average Bonchev–Trinajstić information content (AvgIpc) is 2.86. The molecule has 0 aliphatic rings. The Balaban J connectivity index is 2.81. The summed E-state index contributed by atoms with van der Waals surface area (Å²) in [6.07, 6.45) is 0.0756. The molecule has 20 heavy (non-hydrogen) atoms. The largest absolute Gasteiger partial charge is 0.481 e. The summed E-state index contributed by atoms with van der Waals surface area (Å²) in [5.74, 6) is -2.53. The molecule has 0 radical (unpaired) electrons. The van der Waals surface area contributed by atoms with E-state index in [1.165, 1.54) is 11.3 Å². The van der Waals surface area contributed by atoms with Crippen LogP contribution in [0.2, 0.25) is 0 Å². The number of thiophene rings is 1. The van der Waals surface area contributed by atoms with Gasteiger partial charge in [0.05, 0.1) is 12.8 Å². The van der Waals surface area contributed by atoms with Gasteiger partial charge < -0.3 is 15.1 Å². The first-order valence-corrected chi connectivity index (χ1v) is 7.10. The second-order valence-electron chi connectivity index (χ2n) is 4.25. The maximum absolute atomic E-state index is 12.2. The predicted octanol–water partition coefficient (Wildman–Crippen LogP) is 1.46. The molecule has 2 N–H and O–H groups in total. The summed E-state index contributed by atoms with van der Waals surface area (Å²) in [6, 6.07) is 2.62. The minimum atomic E-state index is -1.11. The van der Waals surface area contributed by atoms with Crippen LogP contribution in [0.25, 0.3) is 0 Å². The highest BCUT2D eigenvalue weighted by atomic mass is 32.1. The zero-order chi connectivity index (χ0) is 15.1. The standard InChI is InChI=1S/C13H17NO5S/c1-2-10(13(18)19)14(6-5-12(16)17)11(15)8-9-4-3-7-20-9/h3-4,7,10H,2,5-6,8H2,1H3,(H,16,17)(H,18,19). The van der Waals surface area contributed by atoms with Crippen molar-refractivity contribution in [3.63, 3.8) is 0 Å². The molecule has 0 aliphatic carbocycles. The Labute approximate surface area is 120 Å². The molecule has 0 saturated heterocycles. The SMILES string of the molecule is CCC(C(=O)O)N(CCC(=O)O)C(=O)Cc1cccs1. The molecule has 110 valence electrons. The normalized spacial score (nSPS) is 11.8. The van der Waals surface area contributed by atoms with Crippen molar-refractivity contribution >= 4 is 29.2 Å². The van der Waals surface area contributed by atoms with Crippen LogP contribution < -0.4 is 0 Å². The van der Waals surface area contributed by atoms with Crippen LogP contribution in [0.5, 0.6) is 0 Å². The minimum Gasteiger partial charge on any atom is -0.481 e. The van der Waals surface area contributed by atoms with Gasteiger partial charge in [-0.15, -0.1) is 11.3 Å². The van der Waals surface area contributed by atoms with Crippen molar-refractivity contribution in [1.82, 2.24) is 4.90 Å². The zero-order valence-corrected chi connectivity index (χ0v) is 11.9. The first-order valence-electron chi connectivity index (χ1n) is 6.22. The summed E-state index contributed by atoms with van der Waals surface area (Å²) in [7, 11) is 0. The second kappa shape index (κ2) is 7.64. The van der Waals surface area contributed by atoms with Crippen molar-refractivity contribution in [3.8, 4) is 0 Å². The lowest BCUT2D eigenvalue weighted by Crippen LogP contribution is -2.46. The predicted molar refractivity (Wildman–Crippen MR) is 73.7 cm³/mol. The summed E-state index contributed by atoms with van der Waals surface area (Å²) in [5, 5.41) is 19.7. The molecular weight excluding hydrogens is 282 g/mol. The molecule has 0 saturated carbocycles. The van der Waals surface area contributed by atoms with Gasteiger partial charge in [0.1, 0.15) is 6.04 Å². The monoisotopic (exact) mass is 299 g/mol. The fourth-order valence-electron chi connectivity index (χ4n) is 1.86. The highest BCUT2D eigenvalue weighted by Crippen LogP contribution is 2.14. The molecule has 0 bridgehead atoms. The van der Waals surface area contributed by atoms with Crippen molar-refractivity contribution in [2.24, 2.45) is 0 Å². The molecule has 1 heterocycles. The van der Waals surface area contributed by atoms with Crippen molar-refractivity contribution in [1.29, 1.82) is 0 Å². The second-order valence-corrected chi connectivity index (χ2v) is 5.28. The molecular formula is C13H17NO5S. The molecule has 0 fully saturated rings. The van der Waals surface area contributed by atoms with Gasteiger partial charge in [-0.05, 0) is 17.9 Å².